The molecule has 1 aromatic carbocycles. The molecule has 0 radical (unpaired) electrons. The first-order valence-electron chi connectivity index (χ1n) is 5.88. The smallest absolute Gasteiger partial charge is 0.303 e. The molecule has 0 aliphatic heterocycles. The standard InChI is InChI=1S/C14H17NO3/c1-9-8-11-10(4-7-14(16)17)13(18-3)6-5-12(11)15(9)2/h5-6,8H,4,7H2,1-3H3,(H,16,17). The van der Waals surface area contributed by atoms with Crippen LogP contribution >= 0.6 is 0 Å². The van der Waals surface area contributed by atoms with E-state index in [9.17, 15) is 4.79 Å². The summed E-state index contributed by atoms with van der Waals surface area (Å²) in [5.74, 6) is -0.0314. The number of hydrogen-bond acceptors (Lipinski definition) is 2. The van der Waals surface area contributed by atoms with E-state index in [-0.39, 0.29) is 6.42 Å². The third-order valence-electron chi connectivity index (χ3n) is 3.34. The van der Waals surface area contributed by atoms with Crippen molar-refractivity contribution in [3.8, 4) is 5.75 Å². The summed E-state index contributed by atoms with van der Waals surface area (Å²) in [6, 6.07) is 5.99. The highest BCUT2D eigenvalue weighted by molar-refractivity contribution is 5.87. The van der Waals surface area contributed by atoms with Crippen LogP contribution in [0.1, 0.15) is 17.7 Å². The highest BCUT2D eigenvalue weighted by atomic mass is 16.5. The Hall–Kier alpha value is -1.97. The van der Waals surface area contributed by atoms with Crippen molar-refractivity contribution in [1.82, 2.24) is 4.57 Å². The van der Waals surface area contributed by atoms with Crippen LogP contribution < -0.4 is 4.74 Å². The molecular weight excluding hydrogens is 230 g/mol. The number of aryl methyl sites for hydroxylation is 3. The van der Waals surface area contributed by atoms with Gasteiger partial charge in [-0.3, -0.25) is 4.79 Å². The first-order valence-corrected chi connectivity index (χ1v) is 5.88. The lowest BCUT2D eigenvalue weighted by Crippen LogP contribution is -2.00. The van der Waals surface area contributed by atoms with Crippen LogP contribution in [0.4, 0.5) is 0 Å². The monoisotopic (exact) mass is 247 g/mol. The van der Waals surface area contributed by atoms with Crippen LogP contribution in [0.25, 0.3) is 10.9 Å². The lowest BCUT2D eigenvalue weighted by atomic mass is 10.0. The Bertz CT molecular complexity index is 599. The summed E-state index contributed by atoms with van der Waals surface area (Å²) < 4.78 is 7.43. The maximum Gasteiger partial charge on any atom is 0.303 e. The quantitative estimate of drug-likeness (QED) is 0.903. The summed E-state index contributed by atoms with van der Waals surface area (Å²) in [6.07, 6.45) is 0.600. The van der Waals surface area contributed by atoms with E-state index in [0.717, 1.165) is 27.9 Å². The topological polar surface area (TPSA) is 51.5 Å². The van der Waals surface area contributed by atoms with Gasteiger partial charge in [0.05, 0.1) is 7.11 Å². The second kappa shape index (κ2) is 4.72. The number of carbonyl (C=O) groups is 1. The predicted molar refractivity (Wildman–Crippen MR) is 70.2 cm³/mol. The van der Waals surface area contributed by atoms with E-state index in [4.69, 9.17) is 9.84 Å². The number of benzene rings is 1. The van der Waals surface area contributed by atoms with Crippen molar-refractivity contribution < 1.29 is 14.6 Å². The minimum Gasteiger partial charge on any atom is -0.496 e. The summed E-state index contributed by atoms with van der Waals surface area (Å²) in [5.41, 5.74) is 3.23. The van der Waals surface area contributed by atoms with Crippen molar-refractivity contribution >= 4 is 16.9 Å². The number of hydrogen-bond donors (Lipinski definition) is 1. The van der Waals surface area contributed by atoms with E-state index < -0.39 is 5.97 Å². The fraction of sp³-hybridized carbons (Fsp3) is 0.357. The molecular formula is C14H17NO3. The van der Waals surface area contributed by atoms with E-state index in [1.54, 1.807) is 7.11 Å². The lowest BCUT2D eigenvalue weighted by molar-refractivity contribution is -0.136. The van der Waals surface area contributed by atoms with E-state index in [0.29, 0.717) is 6.42 Å². The molecule has 0 spiro atoms. The number of aliphatic carboxylic acids is 1. The molecule has 96 valence electrons. The van der Waals surface area contributed by atoms with Gasteiger partial charge in [-0.25, -0.2) is 0 Å². The molecule has 4 nitrogen and oxygen atoms in total. The number of fused-ring (bicyclic) bond motifs is 1. The fourth-order valence-electron chi connectivity index (χ4n) is 2.26. The Morgan fingerprint density at radius 2 is 2.17 bits per heavy atom. The molecule has 0 saturated heterocycles. The summed E-state index contributed by atoms with van der Waals surface area (Å²) >= 11 is 0. The Morgan fingerprint density at radius 3 is 2.78 bits per heavy atom. The molecule has 0 fully saturated rings. The largest absolute Gasteiger partial charge is 0.496 e. The van der Waals surface area contributed by atoms with Crippen LogP contribution in [0.15, 0.2) is 18.2 Å². The predicted octanol–water partition coefficient (Wildman–Crippen LogP) is 2.51. The van der Waals surface area contributed by atoms with Gasteiger partial charge in [0.2, 0.25) is 0 Å². The zero-order chi connectivity index (χ0) is 13.3. The molecule has 0 atom stereocenters. The van der Waals surface area contributed by atoms with Gasteiger partial charge in [0, 0.05) is 35.6 Å². The SMILES string of the molecule is COc1ccc2c(cc(C)n2C)c1CCC(=O)O. The highest BCUT2D eigenvalue weighted by Crippen LogP contribution is 2.30. The molecule has 2 rings (SSSR count). The third kappa shape index (κ3) is 2.06. The second-order valence-corrected chi connectivity index (χ2v) is 4.42. The number of methoxy groups -OCH3 is 1. The van der Waals surface area contributed by atoms with Crippen LogP contribution in [-0.2, 0) is 18.3 Å². The Kier molecular flexibility index (Phi) is 3.28. The molecule has 18 heavy (non-hydrogen) atoms. The van der Waals surface area contributed by atoms with Gasteiger partial charge in [0.1, 0.15) is 5.75 Å². The van der Waals surface area contributed by atoms with Gasteiger partial charge in [-0.2, -0.15) is 0 Å². The van der Waals surface area contributed by atoms with E-state index in [1.165, 1.54) is 0 Å². The van der Waals surface area contributed by atoms with Gasteiger partial charge in [-0.1, -0.05) is 0 Å². The molecule has 1 N–H and O–H groups in total. The number of carboxylic acid groups (broad SMARTS) is 1. The minimum absolute atomic E-state index is 0.114. The highest BCUT2D eigenvalue weighted by Gasteiger charge is 2.13. The average Bonchev–Trinajstić information content (AvgIpc) is 2.62. The summed E-state index contributed by atoms with van der Waals surface area (Å²) in [4.78, 5) is 10.7. The van der Waals surface area contributed by atoms with Crippen LogP contribution in [0, 0.1) is 6.92 Å². The number of nitrogens with zero attached hydrogens (tertiary/aromatic N) is 1. The van der Waals surface area contributed by atoms with E-state index in [1.807, 2.05) is 26.1 Å². The minimum atomic E-state index is -0.790. The average molecular weight is 247 g/mol. The van der Waals surface area contributed by atoms with Gasteiger partial charge in [0.15, 0.2) is 0 Å². The number of carboxylic acids is 1. The molecule has 2 aromatic rings. The maximum absolute atomic E-state index is 10.7. The zero-order valence-electron chi connectivity index (χ0n) is 10.9. The van der Waals surface area contributed by atoms with Crippen molar-refractivity contribution in [2.24, 2.45) is 7.05 Å². The number of rotatable bonds is 4. The maximum atomic E-state index is 10.7. The van der Waals surface area contributed by atoms with Gasteiger partial charge < -0.3 is 14.4 Å². The van der Waals surface area contributed by atoms with Gasteiger partial charge in [-0.05, 0) is 31.5 Å². The molecule has 1 aromatic heterocycles. The normalized spacial score (nSPS) is 10.8. The second-order valence-electron chi connectivity index (χ2n) is 4.42. The van der Waals surface area contributed by atoms with Gasteiger partial charge >= 0.3 is 5.97 Å². The van der Waals surface area contributed by atoms with Gasteiger partial charge in [0.25, 0.3) is 0 Å². The van der Waals surface area contributed by atoms with E-state index in [2.05, 4.69) is 10.6 Å². The molecule has 0 amide bonds. The van der Waals surface area contributed by atoms with Crippen molar-refractivity contribution in [2.75, 3.05) is 7.11 Å². The van der Waals surface area contributed by atoms with Crippen LogP contribution in [0.5, 0.6) is 5.75 Å². The number of aromatic nitrogens is 1. The third-order valence-corrected chi connectivity index (χ3v) is 3.34. The summed E-state index contributed by atoms with van der Waals surface area (Å²) in [5, 5.41) is 9.90. The molecule has 0 saturated carbocycles. The zero-order valence-corrected chi connectivity index (χ0v) is 10.9. The molecule has 0 aliphatic carbocycles. The van der Waals surface area contributed by atoms with Crippen LogP contribution in [-0.4, -0.2) is 22.8 Å². The first kappa shape index (κ1) is 12.5. The van der Waals surface area contributed by atoms with Crippen LogP contribution in [0.3, 0.4) is 0 Å². The summed E-state index contributed by atoms with van der Waals surface area (Å²) in [7, 11) is 3.62. The van der Waals surface area contributed by atoms with Crippen LogP contribution in [0.2, 0.25) is 0 Å². The van der Waals surface area contributed by atoms with Crippen molar-refractivity contribution in [3.05, 3.63) is 29.5 Å². The van der Waals surface area contributed by atoms with Crippen molar-refractivity contribution in [1.29, 1.82) is 0 Å². The van der Waals surface area contributed by atoms with E-state index >= 15 is 0 Å². The van der Waals surface area contributed by atoms with Crippen molar-refractivity contribution in [3.63, 3.8) is 0 Å². The molecule has 0 unspecified atom stereocenters. The summed E-state index contributed by atoms with van der Waals surface area (Å²) in [6.45, 7) is 2.04. The molecule has 4 heteroatoms. The Morgan fingerprint density at radius 1 is 1.44 bits per heavy atom. The number of ether oxygens (including phenoxy) is 1. The Labute approximate surface area is 106 Å². The molecule has 1 heterocycles. The fourth-order valence-corrected chi connectivity index (χ4v) is 2.26. The lowest BCUT2D eigenvalue weighted by Gasteiger charge is -2.09. The Balaban J connectivity index is 2.58. The van der Waals surface area contributed by atoms with Gasteiger partial charge in [-0.15, -0.1) is 0 Å². The molecule has 0 bridgehead atoms. The van der Waals surface area contributed by atoms with Crippen molar-refractivity contribution in [2.45, 2.75) is 19.8 Å². The molecule has 0 aliphatic rings. The first-order chi connectivity index (χ1) is 8.54.